The molecule has 2 atom stereocenters. The van der Waals surface area contributed by atoms with Gasteiger partial charge in [0.25, 0.3) is 0 Å². The van der Waals surface area contributed by atoms with Crippen molar-refractivity contribution in [3.05, 3.63) is 23.0 Å². The largest absolute Gasteiger partial charge is 0.352 e. The van der Waals surface area contributed by atoms with Crippen LogP contribution in [0.5, 0.6) is 0 Å². The molecule has 1 aromatic rings. The van der Waals surface area contributed by atoms with Gasteiger partial charge in [-0.1, -0.05) is 24.9 Å². The van der Waals surface area contributed by atoms with E-state index in [0.717, 1.165) is 17.5 Å². The number of halogens is 1. The van der Waals surface area contributed by atoms with Gasteiger partial charge in [0, 0.05) is 31.5 Å². The maximum absolute atomic E-state index is 5.96. The molecule has 2 unspecified atom stereocenters. The van der Waals surface area contributed by atoms with Crippen molar-refractivity contribution in [1.82, 2.24) is 9.88 Å². The second kappa shape index (κ2) is 5.24. The number of nitrogens with zero attached hydrogens (tertiary/aromatic N) is 1. The molecular formula is C13H21ClN2. The Bertz CT molecular complexity index is 346. The Balaban J connectivity index is 1.82. The van der Waals surface area contributed by atoms with E-state index in [1.54, 1.807) is 0 Å². The maximum atomic E-state index is 5.96. The number of rotatable bonds is 4. The van der Waals surface area contributed by atoms with E-state index >= 15 is 0 Å². The lowest BCUT2D eigenvalue weighted by Gasteiger charge is -2.13. The molecule has 1 saturated carbocycles. The van der Waals surface area contributed by atoms with Gasteiger partial charge in [-0.2, -0.15) is 0 Å². The van der Waals surface area contributed by atoms with Crippen molar-refractivity contribution in [3.8, 4) is 0 Å². The predicted octanol–water partition coefficient (Wildman–Crippen LogP) is 3.35. The molecule has 0 aliphatic heterocycles. The minimum Gasteiger partial charge on any atom is -0.352 e. The minimum absolute atomic E-state index is 0.707. The molecule has 1 aliphatic rings. The fourth-order valence-electron chi connectivity index (χ4n) is 2.62. The molecule has 3 heteroatoms. The van der Waals surface area contributed by atoms with Gasteiger partial charge >= 0.3 is 0 Å². The molecule has 0 saturated heterocycles. The summed E-state index contributed by atoms with van der Waals surface area (Å²) in [4.78, 5) is 0. The summed E-state index contributed by atoms with van der Waals surface area (Å²) in [5.41, 5.74) is 1.27. The van der Waals surface area contributed by atoms with Crippen LogP contribution in [0.25, 0.3) is 0 Å². The molecule has 0 radical (unpaired) electrons. The van der Waals surface area contributed by atoms with Gasteiger partial charge in [-0.05, 0) is 31.2 Å². The van der Waals surface area contributed by atoms with Crippen LogP contribution < -0.4 is 5.32 Å². The first-order valence-corrected chi connectivity index (χ1v) is 6.61. The third kappa shape index (κ3) is 2.80. The van der Waals surface area contributed by atoms with Crippen LogP contribution in [0.3, 0.4) is 0 Å². The van der Waals surface area contributed by atoms with Crippen LogP contribution in [0.15, 0.2) is 12.3 Å². The van der Waals surface area contributed by atoms with E-state index in [1.165, 1.54) is 31.4 Å². The van der Waals surface area contributed by atoms with Gasteiger partial charge in [-0.25, -0.2) is 0 Å². The normalized spacial score (nSPS) is 25.2. The van der Waals surface area contributed by atoms with Crippen molar-refractivity contribution in [2.75, 3.05) is 0 Å². The van der Waals surface area contributed by atoms with Gasteiger partial charge in [-0.3, -0.25) is 0 Å². The molecular weight excluding hydrogens is 220 g/mol. The highest BCUT2D eigenvalue weighted by Gasteiger charge is 2.22. The van der Waals surface area contributed by atoms with Crippen LogP contribution in [0.1, 0.15) is 38.3 Å². The Hall–Kier alpha value is -0.470. The molecule has 1 heterocycles. The van der Waals surface area contributed by atoms with E-state index in [-0.39, 0.29) is 0 Å². The Labute approximate surface area is 103 Å². The third-order valence-corrected chi connectivity index (χ3v) is 3.97. The van der Waals surface area contributed by atoms with E-state index in [0.29, 0.717) is 6.04 Å². The van der Waals surface area contributed by atoms with Crippen molar-refractivity contribution in [2.24, 2.45) is 13.0 Å². The van der Waals surface area contributed by atoms with E-state index in [4.69, 9.17) is 11.6 Å². The van der Waals surface area contributed by atoms with Crippen molar-refractivity contribution in [3.63, 3.8) is 0 Å². The highest BCUT2D eigenvalue weighted by molar-refractivity contribution is 6.30. The summed E-state index contributed by atoms with van der Waals surface area (Å²) in [5, 5.41) is 4.47. The third-order valence-electron chi connectivity index (χ3n) is 3.76. The zero-order valence-electron chi connectivity index (χ0n) is 10.2. The fraction of sp³-hybridized carbons (Fsp3) is 0.692. The van der Waals surface area contributed by atoms with Crippen LogP contribution in [-0.4, -0.2) is 10.6 Å². The Morgan fingerprint density at radius 2 is 2.31 bits per heavy atom. The summed E-state index contributed by atoms with van der Waals surface area (Å²) in [7, 11) is 2.05. The zero-order valence-corrected chi connectivity index (χ0v) is 10.9. The number of hydrogen-bond donors (Lipinski definition) is 1. The second-order valence-electron chi connectivity index (χ2n) is 4.93. The van der Waals surface area contributed by atoms with Gasteiger partial charge in [0.1, 0.15) is 0 Å². The van der Waals surface area contributed by atoms with Gasteiger partial charge in [-0.15, -0.1) is 0 Å². The molecule has 1 N–H and O–H groups in total. The minimum atomic E-state index is 0.707. The van der Waals surface area contributed by atoms with E-state index in [9.17, 15) is 0 Å². The molecule has 1 aromatic heterocycles. The molecule has 90 valence electrons. The number of aromatic nitrogens is 1. The quantitative estimate of drug-likeness (QED) is 0.854. The average molecular weight is 241 g/mol. The van der Waals surface area contributed by atoms with Gasteiger partial charge in [0.15, 0.2) is 0 Å². The molecule has 16 heavy (non-hydrogen) atoms. The summed E-state index contributed by atoms with van der Waals surface area (Å²) in [5.74, 6) is 0.939. The first-order valence-electron chi connectivity index (χ1n) is 6.23. The summed E-state index contributed by atoms with van der Waals surface area (Å²) in [6.07, 6.45) is 7.35. The van der Waals surface area contributed by atoms with Crippen LogP contribution >= 0.6 is 11.6 Å². The molecule has 2 rings (SSSR count). The highest BCUT2D eigenvalue weighted by atomic mass is 35.5. The van der Waals surface area contributed by atoms with Crippen molar-refractivity contribution >= 4 is 11.6 Å². The fourth-order valence-corrected chi connectivity index (χ4v) is 2.89. The number of aryl methyl sites for hydroxylation is 1. The lowest BCUT2D eigenvalue weighted by atomic mass is 10.1. The van der Waals surface area contributed by atoms with Crippen molar-refractivity contribution in [1.29, 1.82) is 0 Å². The molecule has 0 spiro atoms. The molecule has 2 nitrogen and oxygen atoms in total. The molecule has 1 fully saturated rings. The molecule has 0 bridgehead atoms. The first kappa shape index (κ1) is 12.0. The van der Waals surface area contributed by atoms with E-state index < -0.39 is 0 Å². The van der Waals surface area contributed by atoms with Crippen LogP contribution in [0, 0.1) is 5.92 Å². The zero-order chi connectivity index (χ0) is 11.5. The van der Waals surface area contributed by atoms with Crippen LogP contribution in [-0.2, 0) is 13.6 Å². The summed E-state index contributed by atoms with van der Waals surface area (Å²) in [6.45, 7) is 3.23. The van der Waals surface area contributed by atoms with Crippen LogP contribution in [0.2, 0.25) is 5.02 Å². The SMILES string of the molecule is CCC1CCC(NCc2cc(Cl)cn2C)C1. The Morgan fingerprint density at radius 1 is 1.50 bits per heavy atom. The molecule has 1 aliphatic carbocycles. The second-order valence-corrected chi connectivity index (χ2v) is 5.36. The smallest absolute Gasteiger partial charge is 0.0585 e. The van der Waals surface area contributed by atoms with Crippen LogP contribution in [0.4, 0.5) is 0 Å². The van der Waals surface area contributed by atoms with E-state index in [2.05, 4.69) is 16.8 Å². The van der Waals surface area contributed by atoms with Gasteiger partial charge < -0.3 is 9.88 Å². The molecule has 0 aromatic carbocycles. The number of hydrogen-bond acceptors (Lipinski definition) is 1. The predicted molar refractivity (Wildman–Crippen MR) is 68.7 cm³/mol. The lowest BCUT2D eigenvalue weighted by molar-refractivity contribution is 0.472. The highest BCUT2D eigenvalue weighted by Crippen LogP contribution is 2.28. The Morgan fingerprint density at radius 3 is 2.88 bits per heavy atom. The topological polar surface area (TPSA) is 17.0 Å². The monoisotopic (exact) mass is 240 g/mol. The maximum Gasteiger partial charge on any atom is 0.0585 e. The first-order chi connectivity index (χ1) is 7.69. The molecule has 0 amide bonds. The van der Waals surface area contributed by atoms with Gasteiger partial charge in [0.05, 0.1) is 5.02 Å². The summed E-state index contributed by atoms with van der Waals surface area (Å²) in [6, 6.07) is 2.75. The van der Waals surface area contributed by atoms with Gasteiger partial charge in [0.2, 0.25) is 0 Å². The van der Waals surface area contributed by atoms with E-state index in [1.807, 2.05) is 19.3 Å². The number of nitrogens with one attached hydrogen (secondary N) is 1. The average Bonchev–Trinajstić information content (AvgIpc) is 2.82. The van der Waals surface area contributed by atoms with Crippen molar-refractivity contribution < 1.29 is 0 Å². The summed E-state index contributed by atoms with van der Waals surface area (Å²) >= 11 is 5.96. The Kier molecular flexibility index (Phi) is 3.93. The lowest BCUT2D eigenvalue weighted by Crippen LogP contribution is -2.26. The van der Waals surface area contributed by atoms with Crippen molar-refractivity contribution in [2.45, 2.75) is 45.2 Å². The summed E-state index contributed by atoms with van der Waals surface area (Å²) < 4.78 is 2.10. The standard InChI is InChI=1S/C13H21ClN2/c1-3-10-4-5-12(6-10)15-8-13-7-11(14)9-16(13)2/h7,9-10,12,15H,3-6,8H2,1-2H3.